The van der Waals surface area contributed by atoms with Crippen molar-refractivity contribution in [2.24, 2.45) is 51.2 Å². The summed E-state index contributed by atoms with van der Waals surface area (Å²) in [5, 5.41) is 49.6. The number of hydrogen-bond acceptors (Lipinski definition) is 17. The maximum absolute atomic E-state index is 13.9. The number of aromatic hydroxyl groups is 1. The van der Waals surface area contributed by atoms with E-state index < -0.39 is 182 Å². The monoisotopic (exact) mass is 1130 g/mol. The van der Waals surface area contributed by atoms with E-state index in [2.05, 4.69) is 59.4 Å². The fourth-order valence-electron chi connectivity index (χ4n) is 7.09. The van der Waals surface area contributed by atoms with Gasteiger partial charge in [0.15, 0.2) is 5.96 Å². The van der Waals surface area contributed by atoms with E-state index in [0.717, 1.165) is 0 Å². The number of carboxylic acids is 1. The number of carbonyl (C=O) groups excluding carboxylic acids is 12. The first-order valence-electron chi connectivity index (χ1n) is 25.1. The molecule has 1 aromatic rings. The molecule has 32 heteroatoms. The molecule has 80 heavy (non-hydrogen) atoms. The fourth-order valence-corrected chi connectivity index (χ4v) is 7.09. The van der Waals surface area contributed by atoms with Gasteiger partial charge in [-0.2, -0.15) is 0 Å². The molecule has 0 saturated heterocycles. The first kappa shape index (κ1) is 69.1. The third-order valence-electron chi connectivity index (χ3n) is 12.1. The van der Waals surface area contributed by atoms with Gasteiger partial charge in [0.25, 0.3) is 5.91 Å². The second kappa shape index (κ2) is 34.7. The van der Waals surface area contributed by atoms with Gasteiger partial charge in [-0.15, -0.1) is 0 Å². The minimum Gasteiger partial charge on any atom is -0.508 e. The Labute approximate surface area is 459 Å². The number of benzene rings is 1. The molecule has 10 atom stereocenters. The van der Waals surface area contributed by atoms with Gasteiger partial charge in [0.05, 0.1) is 37.7 Å². The summed E-state index contributed by atoms with van der Waals surface area (Å²) in [4.78, 5) is 172. The van der Waals surface area contributed by atoms with Crippen molar-refractivity contribution in [1.82, 2.24) is 47.9 Å². The van der Waals surface area contributed by atoms with Crippen LogP contribution in [0.3, 0.4) is 0 Å². The molecule has 444 valence electrons. The van der Waals surface area contributed by atoms with Crippen molar-refractivity contribution in [3.8, 4) is 5.75 Å². The molecule has 12 amide bonds. The molecule has 24 N–H and O–H groups in total. The number of guanidine groups is 1. The van der Waals surface area contributed by atoms with E-state index in [4.69, 9.17) is 39.5 Å². The Hall–Kier alpha value is -8.94. The smallest absolute Gasteiger partial charge is 0.305 e. The molecule has 0 aromatic heterocycles. The van der Waals surface area contributed by atoms with Crippen LogP contribution in [-0.4, -0.2) is 166 Å². The van der Waals surface area contributed by atoms with Crippen LogP contribution in [0.1, 0.15) is 84.6 Å². The van der Waals surface area contributed by atoms with Crippen molar-refractivity contribution < 1.29 is 77.6 Å². The molecular formula is C48H76N16O16. The average molecular weight is 1130 g/mol. The number of phenolic OH excluding ortho intramolecular Hbond substituents is 1. The predicted molar refractivity (Wildman–Crippen MR) is 283 cm³/mol. The number of aliphatic hydroxyl groups is 1. The van der Waals surface area contributed by atoms with Gasteiger partial charge in [-0.05, 0) is 48.8 Å². The second-order valence-electron chi connectivity index (χ2n) is 18.5. The maximum atomic E-state index is 13.9. The van der Waals surface area contributed by atoms with Gasteiger partial charge in [-0.1, -0.05) is 59.2 Å². The fraction of sp³-hybridized carbons (Fsp3) is 0.542. The Balaban J connectivity index is 3.26. The first-order chi connectivity index (χ1) is 37.4. The summed E-state index contributed by atoms with van der Waals surface area (Å²) in [6.45, 7) is 8.22. The lowest BCUT2D eigenvalue weighted by Crippen LogP contribution is -2.61. The lowest BCUT2D eigenvalue weighted by atomic mass is 9.96. The average Bonchev–Trinajstić information content (AvgIpc) is 3.38. The van der Waals surface area contributed by atoms with Crippen LogP contribution in [0.25, 0.3) is 0 Å². The molecule has 0 bridgehead atoms. The summed E-state index contributed by atoms with van der Waals surface area (Å²) in [6, 6.07) is -6.90. The van der Waals surface area contributed by atoms with Gasteiger partial charge in [0.2, 0.25) is 65.0 Å². The highest BCUT2D eigenvalue weighted by Crippen LogP contribution is 2.14. The van der Waals surface area contributed by atoms with E-state index in [1.807, 2.05) is 0 Å². The van der Waals surface area contributed by atoms with Gasteiger partial charge in [-0.3, -0.25) is 67.3 Å². The van der Waals surface area contributed by atoms with Crippen molar-refractivity contribution >= 4 is 82.8 Å². The predicted octanol–water partition coefficient (Wildman–Crippen LogP) is -7.36. The molecule has 0 heterocycles. The van der Waals surface area contributed by atoms with E-state index in [-0.39, 0.29) is 50.4 Å². The number of aliphatic hydroxyl groups excluding tert-OH is 1. The number of nitrogens with zero attached hydrogens (tertiary/aromatic N) is 1. The lowest BCUT2D eigenvalue weighted by Gasteiger charge is -2.29. The van der Waals surface area contributed by atoms with Crippen LogP contribution in [0.15, 0.2) is 41.5 Å². The molecule has 0 unspecified atom stereocenters. The Morgan fingerprint density at radius 3 is 1.68 bits per heavy atom. The van der Waals surface area contributed by atoms with Gasteiger partial charge in [0, 0.05) is 19.4 Å². The number of aliphatic carboxylic acids is 1. The van der Waals surface area contributed by atoms with Crippen molar-refractivity contribution in [3.63, 3.8) is 0 Å². The normalized spacial score (nSPS) is 14.5. The highest BCUT2D eigenvalue weighted by Gasteiger charge is 2.36. The zero-order chi connectivity index (χ0) is 61.0. The summed E-state index contributed by atoms with van der Waals surface area (Å²) >= 11 is 0. The van der Waals surface area contributed by atoms with E-state index in [0.29, 0.717) is 5.56 Å². The molecule has 0 aliphatic heterocycles. The van der Waals surface area contributed by atoms with Crippen molar-refractivity contribution in [2.75, 3.05) is 19.7 Å². The summed E-state index contributed by atoms with van der Waals surface area (Å²) < 4.78 is 0. The highest BCUT2D eigenvalue weighted by molar-refractivity contribution is 6.02. The Bertz CT molecular complexity index is 2440. The van der Waals surface area contributed by atoms with Crippen LogP contribution < -0.4 is 82.3 Å². The van der Waals surface area contributed by atoms with Gasteiger partial charge in [-0.25, -0.2) is 0 Å². The van der Waals surface area contributed by atoms with E-state index >= 15 is 0 Å². The third kappa shape index (κ3) is 25.5. The van der Waals surface area contributed by atoms with Crippen molar-refractivity contribution in [2.45, 2.75) is 134 Å². The quantitative estimate of drug-likeness (QED) is 0.0127. The largest absolute Gasteiger partial charge is 0.508 e. The molecule has 0 spiro atoms. The van der Waals surface area contributed by atoms with Crippen molar-refractivity contribution in [3.05, 3.63) is 42.1 Å². The number of primary amides is 3. The summed E-state index contributed by atoms with van der Waals surface area (Å²) in [6.07, 6.45) is -2.19. The molecule has 0 aliphatic rings. The molecular weight excluding hydrogens is 1060 g/mol. The van der Waals surface area contributed by atoms with Crippen LogP contribution in [0.4, 0.5) is 0 Å². The van der Waals surface area contributed by atoms with Gasteiger partial charge < -0.3 is 97.6 Å². The Morgan fingerprint density at radius 1 is 0.613 bits per heavy atom. The zero-order valence-electron chi connectivity index (χ0n) is 44.8. The standard InChI is InChI=1S/C48H76N16O16/c1-6-22(3)37(63-35(69)20-56-42(75)30(17-25-10-12-26(66)13-11-25)60-41(74)27(49)18-36(70)71)46(79)57-24(5)40(73)59-29(14-15-33(50)67)43(76)64-38(23(4)7-2)47(80)61-31(19-34(51)68)44(77)62-32(21-65)45(78)58-28(39(52)72)9-8-16-55-48(53)54/h10-13,22-23,27-32,37-38,65-66H,5-9,14-21,49H2,1-4H3,(H2,50,67)(H2,51,68)(H2,52,72)(H,56,75)(H,57,79)(H,58,78)(H,59,73)(H,60,74)(H,61,80)(H,62,77)(H,63,69)(H,64,76)(H,70,71)(H4,53,54,55)/t22-,23-,27-,28-,29-,30-,31-,32-,37-,38-/m0/s1. The number of rotatable bonds is 37. The van der Waals surface area contributed by atoms with Crippen molar-refractivity contribution in [1.29, 1.82) is 0 Å². The molecule has 1 rings (SSSR count). The van der Waals surface area contributed by atoms with E-state index in [9.17, 15) is 72.5 Å². The SMILES string of the molecule is C=C(NC(=O)[C@@H](NC(=O)CNC(=O)[C@H](Cc1ccc(O)cc1)NC(=O)[C@@H](N)CC(=O)O)[C@@H](C)CC)C(=O)N[C@@H](CCC(N)=O)C(=O)N[C@H](C(=O)N[C@@H](CC(N)=O)C(=O)N[C@@H](CO)C(=O)N[C@@H](CCCN=C(N)N)C(N)=O)[C@@H](C)CC. The van der Waals surface area contributed by atoms with Crippen LogP contribution in [-0.2, 0) is 68.7 Å². The molecule has 0 radical (unpaired) electrons. The number of carboxylic acid groups (broad SMARTS) is 1. The number of nitrogens with one attached hydrogen (secondary N) is 9. The molecule has 32 nitrogen and oxygen atoms in total. The topological polar surface area (TPSA) is 559 Å². The summed E-state index contributed by atoms with van der Waals surface area (Å²) in [5.74, 6) is -15.5. The first-order valence-corrected chi connectivity index (χ1v) is 25.1. The number of phenols is 1. The van der Waals surface area contributed by atoms with Gasteiger partial charge >= 0.3 is 5.97 Å². The summed E-state index contributed by atoms with van der Waals surface area (Å²) in [7, 11) is 0. The van der Waals surface area contributed by atoms with Crippen LogP contribution in [0, 0.1) is 11.8 Å². The lowest BCUT2D eigenvalue weighted by molar-refractivity contribution is -0.139. The molecule has 0 saturated carbocycles. The Morgan fingerprint density at radius 2 is 1.15 bits per heavy atom. The second-order valence-corrected chi connectivity index (χ2v) is 18.5. The van der Waals surface area contributed by atoms with Crippen LogP contribution in [0.2, 0.25) is 0 Å². The van der Waals surface area contributed by atoms with Crippen LogP contribution >= 0.6 is 0 Å². The minimum absolute atomic E-state index is 0.0464. The van der Waals surface area contributed by atoms with E-state index in [1.165, 1.54) is 31.2 Å². The maximum Gasteiger partial charge on any atom is 0.305 e. The van der Waals surface area contributed by atoms with Gasteiger partial charge in [0.1, 0.15) is 48.0 Å². The number of hydrogen-bond donors (Lipinski definition) is 18. The number of aliphatic imine (C=N–C) groups is 1. The third-order valence-corrected chi connectivity index (χ3v) is 12.1. The van der Waals surface area contributed by atoms with E-state index in [1.54, 1.807) is 20.8 Å². The Kier molecular flexibility index (Phi) is 30.0. The summed E-state index contributed by atoms with van der Waals surface area (Å²) in [5.41, 5.74) is 32.1. The minimum atomic E-state index is -1.83. The molecule has 0 fully saturated rings. The van der Waals surface area contributed by atoms with Crippen LogP contribution in [0.5, 0.6) is 5.75 Å². The number of carbonyl (C=O) groups is 13. The number of nitrogens with two attached hydrogens (primary N) is 6. The number of amides is 12. The molecule has 1 aromatic carbocycles. The highest BCUT2D eigenvalue weighted by atomic mass is 16.4. The molecule has 0 aliphatic carbocycles. The zero-order valence-corrected chi connectivity index (χ0v) is 44.8.